The predicted molar refractivity (Wildman–Crippen MR) is 72.7 cm³/mol. The van der Waals surface area contributed by atoms with Crippen LogP contribution in [0.4, 0.5) is 0 Å². The highest BCUT2D eigenvalue weighted by molar-refractivity contribution is 5.87. The maximum atomic E-state index is 10.7. The molecule has 0 aliphatic rings. The molecule has 0 radical (unpaired) electrons. The molecule has 0 saturated heterocycles. The normalized spacial score (nSPS) is 10.2. The van der Waals surface area contributed by atoms with Crippen LogP contribution in [0.3, 0.4) is 0 Å². The molecule has 0 fully saturated rings. The van der Waals surface area contributed by atoms with Crippen molar-refractivity contribution in [1.29, 1.82) is 0 Å². The van der Waals surface area contributed by atoms with Crippen molar-refractivity contribution in [1.82, 2.24) is 4.98 Å². The monoisotopic (exact) mass is 273 g/mol. The summed E-state index contributed by atoms with van der Waals surface area (Å²) in [6, 6.07) is 10.8. The number of carboxylic acids is 1. The SMILES string of the molecule is COc1ccc(COCc2ccc(C(=O)O)cn2)cc1. The standard InChI is InChI=1S/C15H15NO4/c1-19-14-6-2-11(3-7-14)9-20-10-13-5-4-12(8-16-13)15(17)18/h2-8H,9-10H2,1H3,(H,17,18). The number of ether oxygens (including phenoxy) is 2. The van der Waals surface area contributed by atoms with E-state index >= 15 is 0 Å². The second kappa shape index (κ2) is 6.68. The molecule has 5 heteroatoms. The van der Waals surface area contributed by atoms with Crippen molar-refractivity contribution < 1.29 is 19.4 Å². The Labute approximate surface area is 116 Å². The molecule has 0 bridgehead atoms. The molecule has 2 rings (SSSR count). The zero-order valence-electron chi connectivity index (χ0n) is 11.1. The summed E-state index contributed by atoms with van der Waals surface area (Å²) in [7, 11) is 1.62. The lowest BCUT2D eigenvalue weighted by molar-refractivity contribution is 0.0696. The van der Waals surface area contributed by atoms with Gasteiger partial charge in [-0.3, -0.25) is 4.98 Å². The molecule has 0 spiro atoms. The van der Waals surface area contributed by atoms with Gasteiger partial charge < -0.3 is 14.6 Å². The van der Waals surface area contributed by atoms with Crippen LogP contribution in [0.2, 0.25) is 0 Å². The first kappa shape index (κ1) is 14.0. The molecule has 0 aliphatic carbocycles. The molecular weight excluding hydrogens is 258 g/mol. The van der Waals surface area contributed by atoms with Gasteiger partial charge in [0, 0.05) is 6.20 Å². The summed E-state index contributed by atoms with van der Waals surface area (Å²) in [4.78, 5) is 14.7. The fourth-order valence-electron chi connectivity index (χ4n) is 1.63. The third-order valence-electron chi connectivity index (χ3n) is 2.75. The Kier molecular flexibility index (Phi) is 4.68. The van der Waals surface area contributed by atoms with Gasteiger partial charge in [0.05, 0.1) is 31.6 Å². The van der Waals surface area contributed by atoms with E-state index in [4.69, 9.17) is 14.6 Å². The quantitative estimate of drug-likeness (QED) is 0.875. The van der Waals surface area contributed by atoms with Crippen LogP contribution in [0.15, 0.2) is 42.6 Å². The van der Waals surface area contributed by atoms with Gasteiger partial charge in [0.2, 0.25) is 0 Å². The van der Waals surface area contributed by atoms with Gasteiger partial charge in [-0.15, -0.1) is 0 Å². The molecule has 0 saturated carbocycles. The van der Waals surface area contributed by atoms with Gasteiger partial charge in [-0.05, 0) is 29.8 Å². The minimum absolute atomic E-state index is 0.170. The van der Waals surface area contributed by atoms with Gasteiger partial charge in [-0.2, -0.15) is 0 Å². The summed E-state index contributed by atoms with van der Waals surface area (Å²) in [6.45, 7) is 0.804. The number of pyridine rings is 1. The van der Waals surface area contributed by atoms with Gasteiger partial charge in [0.15, 0.2) is 0 Å². The van der Waals surface area contributed by atoms with Gasteiger partial charge in [0.1, 0.15) is 5.75 Å². The van der Waals surface area contributed by atoms with Crippen LogP contribution in [0.1, 0.15) is 21.6 Å². The van der Waals surface area contributed by atoms with Crippen LogP contribution in [0, 0.1) is 0 Å². The number of benzene rings is 1. The molecule has 0 unspecified atom stereocenters. The maximum absolute atomic E-state index is 10.7. The van der Waals surface area contributed by atoms with E-state index in [0.29, 0.717) is 18.9 Å². The molecule has 2 aromatic rings. The predicted octanol–water partition coefficient (Wildman–Crippen LogP) is 2.51. The topological polar surface area (TPSA) is 68.7 Å². The lowest BCUT2D eigenvalue weighted by Gasteiger charge is -2.05. The van der Waals surface area contributed by atoms with Crippen molar-refractivity contribution in [2.75, 3.05) is 7.11 Å². The highest BCUT2D eigenvalue weighted by Crippen LogP contribution is 2.12. The smallest absolute Gasteiger partial charge is 0.337 e. The second-order valence-electron chi connectivity index (χ2n) is 4.18. The highest BCUT2D eigenvalue weighted by atomic mass is 16.5. The fraction of sp³-hybridized carbons (Fsp3) is 0.200. The van der Waals surface area contributed by atoms with E-state index in [9.17, 15) is 4.79 Å². The Balaban J connectivity index is 1.84. The zero-order chi connectivity index (χ0) is 14.4. The number of hydrogen-bond donors (Lipinski definition) is 1. The molecule has 5 nitrogen and oxygen atoms in total. The van der Waals surface area contributed by atoms with Crippen molar-refractivity contribution in [3.8, 4) is 5.75 Å². The van der Waals surface area contributed by atoms with E-state index in [1.165, 1.54) is 12.3 Å². The Morgan fingerprint density at radius 3 is 2.45 bits per heavy atom. The fourth-order valence-corrected chi connectivity index (χ4v) is 1.63. The van der Waals surface area contributed by atoms with Crippen LogP contribution in [0.5, 0.6) is 5.75 Å². The van der Waals surface area contributed by atoms with Crippen LogP contribution in [0.25, 0.3) is 0 Å². The van der Waals surface area contributed by atoms with Gasteiger partial charge in [0.25, 0.3) is 0 Å². The van der Waals surface area contributed by atoms with E-state index < -0.39 is 5.97 Å². The molecule has 20 heavy (non-hydrogen) atoms. The first-order valence-electron chi connectivity index (χ1n) is 6.08. The van der Waals surface area contributed by atoms with Gasteiger partial charge >= 0.3 is 5.97 Å². The van der Waals surface area contributed by atoms with Crippen molar-refractivity contribution >= 4 is 5.97 Å². The number of carboxylic acid groups (broad SMARTS) is 1. The van der Waals surface area contributed by atoms with Gasteiger partial charge in [-0.1, -0.05) is 12.1 Å². The van der Waals surface area contributed by atoms with Crippen molar-refractivity contribution in [3.05, 3.63) is 59.4 Å². The average molecular weight is 273 g/mol. The van der Waals surface area contributed by atoms with E-state index in [0.717, 1.165) is 11.3 Å². The van der Waals surface area contributed by atoms with E-state index in [1.54, 1.807) is 13.2 Å². The first-order valence-corrected chi connectivity index (χ1v) is 6.08. The summed E-state index contributed by atoms with van der Waals surface area (Å²) in [5, 5.41) is 8.76. The summed E-state index contributed by atoms with van der Waals surface area (Å²) in [5.41, 5.74) is 1.90. The number of methoxy groups -OCH3 is 1. The number of aromatic carboxylic acids is 1. The van der Waals surface area contributed by atoms with Crippen LogP contribution in [-0.4, -0.2) is 23.2 Å². The first-order chi connectivity index (χ1) is 9.69. The molecule has 0 atom stereocenters. The molecule has 1 aromatic carbocycles. The Morgan fingerprint density at radius 2 is 1.90 bits per heavy atom. The van der Waals surface area contributed by atoms with Crippen molar-refractivity contribution in [2.45, 2.75) is 13.2 Å². The molecular formula is C15H15NO4. The summed E-state index contributed by atoms with van der Waals surface area (Å²) in [5.74, 6) is -0.178. The molecule has 1 N–H and O–H groups in total. The summed E-state index contributed by atoms with van der Waals surface area (Å²) < 4.78 is 10.6. The third kappa shape index (κ3) is 3.80. The third-order valence-corrected chi connectivity index (χ3v) is 2.75. The lowest BCUT2D eigenvalue weighted by atomic mass is 10.2. The Hall–Kier alpha value is -2.40. The van der Waals surface area contributed by atoms with Crippen LogP contribution < -0.4 is 4.74 Å². The molecule has 0 amide bonds. The zero-order valence-corrected chi connectivity index (χ0v) is 11.1. The highest BCUT2D eigenvalue weighted by Gasteiger charge is 2.03. The summed E-state index contributed by atoms with van der Waals surface area (Å²) in [6.07, 6.45) is 1.33. The lowest BCUT2D eigenvalue weighted by Crippen LogP contribution is -2.00. The second-order valence-corrected chi connectivity index (χ2v) is 4.18. The molecule has 0 aliphatic heterocycles. The maximum Gasteiger partial charge on any atom is 0.337 e. The minimum Gasteiger partial charge on any atom is -0.497 e. The minimum atomic E-state index is -0.983. The average Bonchev–Trinajstić information content (AvgIpc) is 2.48. The molecule has 1 heterocycles. The van der Waals surface area contributed by atoms with E-state index in [2.05, 4.69) is 4.98 Å². The number of carbonyl (C=O) groups is 1. The van der Waals surface area contributed by atoms with Crippen LogP contribution >= 0.6 is 0 Å². The molecule has 1 aromatic heterocycles. The molecule has 104 valence electrons. The number of hydrogen-bond acceptors (Lipinski definition) is 4. The number of rotatable bonds is 6. The van der Waals surface area contributed by atoms with E-state index in [-0.39, 0.29) is 5.56 Å². The Bertz CT molecular complexity index is 563. The number of nitrogens with zero attached hydrogens (tertiary/aromatic N) is 1. The van der Waals surface area contributed by atoms with Gasteiger partial charge in [-0.25, -0.2) is 4.79 Å². The summed E-state index contributed by atoms with van der Waals surface area (Å²) >= 11 is 0. The largest absolute Gasteiger partial charge is 0.497 e. The van der Waals surface area contributed by atoms with Crippen LogP contribution in [-0.2, 0) is 18.0 Å². The van der Waals surface area contributed by atoms with Crippen molar-refractivity contribution in [3.63, 3.8) is 0 Å². The number of aromatic nitrogens is 1. The Morgan fingerprint density at radius 1 is 1.15 bits per heavy atom. The van der Waals surface area contributed by atoms with Crippen molar-refractivity contribution in [2.24, 2.45) is 0 Å². The van der Waals surface area contributed by atoms with E-state index in [1.807, 2.05) is 24.3 Å².